The van der Waals surface area contributed by atoms with Crippen LogP contribution < -0.4 is 5.73 Å². The maximum absolute atomic E-state index is 12.3. The molecule has 0 aliphatic heterocycles. The number of nitrogens with two attached hydrogens (primary N) is 1. The Balaban J connectivity index is 2.47. The summed E-state index contributed by atoms with van der Waals surface area (Å²) >= 11 is 1.48. The van der Waals surface area contributed by atoms with Gasteiger partial charge >= 0.3 is 0 Å². The van der Waals surface area contributed by atoms with Crippen LogP contribution in [-0.2, 0) is 0 Å². The Labute approximate surface area is 105 Å². The van der Waals surface area contributed by atoms with E-state index in [0.29, 0.717) is 16.1 Å². The van der Waals surface area contributed by atoms with E-state index >= 15 is 0 Å². The van der Waals surface area contributed by atoms with Crippen LogP contribution in [-0.4, -0.2) is 5.78 Å². The number of anilines is 1. The first-order valence-corrected chi connectivity index (χ1v) is 6.29. The lowest BCUT2D eigenvalue weighted by molar-refractivity contribution is 0.103. The quantitative estimate of drug-likeness (QED) is 0.823. The van der Waals surface area contributed by atoms with Gasteiger partial charge < -0.3 is 5.73 Å². The van der Waals surface area contributed by atoms with Gasteiger partial charge in [0.2, 0.25) is 0 Å². The van der Waals surface area contributed by atoms with Gasteiger partial charge in [0.25, 0.3) is 0 Å². The van der Waals surface area contributed by atoms with Crippen molar-refractivity contribution in [3.05, 3.63) is 51.4 Å². The molecular weight excluding hydrogens is 230 g/mol. The van der Waals surface area contributed by atoms with E-state index in [1.807, 2.05) is 45.0 Å². The molecule has 0 aliphatic carbocycles. The molecule has 0 saturated carbocycles. The van der Waals surface area contributed by atoms with Gasteiger partial charge in [-0.15, -0.1) is 11.3 Å². The van der Waals surface area contributed by atoms with E-state index in [9.17, 15) is 4.79 Å². The second-order valence-corrected chi connectivity index (χ2v) is 5.47. The summed E-state index contributed by atoms with van der Waals surface area (Å²) in [6, 6.07) is 7.59. The molecule has 0 unspecified atom stereocenters. The van der Waals surface area contributed by atoms with Gasteiger partial charge in [-0.2, -0.15) is 0 Å². The Morgan fingerprint density at radius 3 is 2.18 bits per heavy atom. The largest absolute Gasteiger partial charge is 0.390 e. The lowest BCUT2D eigenvalue weighted by Crippen LogP contribution is -2.04. The van der Waals surface area contributed by atoms with Gasteiger partial charge in [0.1, 0.15) is 0 Å². The molecule has 0 bridgehead atoms. The summed E-state index contributed by atoms with van der Waals surface area (Å²) in [5.74, 6) is 0.0179. The molecule has 0 amide bonds. The number of carbonyl (C=O) groups is 1. The number of thiophene rings is 1. The molecule has 0 saturated heterocycles. The lowest BCUT2D eigenvalue weighted by Gasteiger charge is -2.03. The predicted octanol–water partition coefficient (Wildman–Crippen LogP) is 3.49. The number of rotatable bonds is 2. The van der Waals surface area contributed by atoms with Crippen LogP contribution in [0.1, 0.15) is 31.9 Å². The summed E-state index contributed by atoms with van der Waals surface area (Å²) in [6.45, 7) is 5.94. The molecule has 1 aromatic carbocycles. The smallest absolute Gasteiger partial charge is 0.196 e. The Morgan fingerprint density at radius 1 is 1.12 bits per heavy atom. The fraction of sp³-hybridized carbons (Fsp3) is 0.214. The second-order valence-electron chi connectivity index (χ2n) is 4.22. The first-order valence-electron chi connectivity index (χ1n) is 5.47. The summed E-state index contributed by atoms with van der Waals surface area (Å²) in [7, 11) is 0. The number of ketones is 1. The van der Waals surface area contributed by atoms with E-state index in [1.54, 1.807) is 0 Å². The molecular formula is C14H15NOS. The number of benzene rings is 1. The molecule has 1 heterocycles. The highest BCUT2D eigenvalue weighted by Gasteiger charge is 2.18. The average molecular weight is 245 g/mol. The van der Waals surface area contributed by atoms with Crippen molar-refractivity contribution in [1.29, 1.82) is 0 Å². The van der Waals surface area contributed by atoms with Gasteiger partial charge in [-0.25, -0.2) is 0 Å². The fourth-order valence-electron chi connectivity index (χ4n) is 1.78. The van der Waals surface area contributed by atoms with Crippen LogP contribution in [0.4, 0.5) is 5.00 Å². The van der Waals surface area contributed by atoms with Crippen molar-refractivity contribution < 1.29 is 4.79 Å². The Kier molecular flexibility index (Phi) is 3.03. The van der Waals surface area contributed by atoms with Crippen molar-refractivity contribution in [1.82, 2.24) is 0 Å². The highest BCUT2D eigenvalue weighted by Crippen LogP contribution is 2.31. The molecule has 0 radical (unpaired) electrons. The number of hydrogen-bond acceptors (Lipinski definition) is 3. The number of nitrogen functional groups attached to an aromatic ring is 1. The van der Waals surface area contributed by atoms with Crippen molar-refractivity contribution in [3.63, 3.8) is 0 Å². The molecule has 17 heavy (non-hydrogen) atoms. The monoisotopic (exact) mass is 245 g/mol. The van der Waals surface area contributed by atoms with Gasteiger partial charge in [0.05, 0.1) is 10.6 Å². The van der Waals surface area contributed by atoms with E-state index in [4.69, 9.17) is 5.73 Å². The summed E-state index contributed by atoms with van der Waals surface area (Å²) in [5, 5.41) is 0.616. The minimum absolute atomic E-state index is 0.0179. The maximum Gasteiger partial charge on any atom is 0.196 e. The molecule has 0 atom stereocenters. The van der Waals surface area contributed by atoms with Gasteiger partial charge in [-0.3, -0.25) is 4.79 Å². The predicted molar refractivity (Wildman–Crippen MR) is 72.8 cm³/mol. The average Bonchev–Trinajstić information content (AvgIpc) is 2.53. The molecule has 88 valence electrons. The minimum Gasteiger partial charge on any atom is -0.390 e. The summed E-state index contributed by atoms with van der Waals surface area (Å²) in [5.41, 5.74) is 9.41. The van der Waals surface area contributed by atoms with Crippen molar-refractivity contribution in [2.45, 2.75) is 20.8 Å². The van der Waals surface area contributed by atoms with Crippen LogP contribution in [0.3, 0.4) is 0 Å². The topological polar surface area (TPSA) is 43.1 Å². The first kappa shape index (κ1) is 11.9. The van der Waals surface area contributed by atoms with Gasteiger partial charge in [0, 0.05) is 10.4 Å². The highest BCUT2D eigenvalue weighted by molar-refractivity contribution is 7.16. The zero-order chi connectivity index (χ0) is 12.6. The third-order valence-electron chi connectivity index (χ3n) is 2.95. The molecule has 2 rings (SSSR count). The molecule has 3 heteroatoms. The molecule has 2 nitrogen and oxygen atoms in total. The summed E-state index contributed by atoms with van der Waals surface area (Å²) in [4.78, 5) is 13.4. The number of carbonyl (C=O) groups excluding carboxylic acids is 1. The van der Waals surface area contributed by atoms with E-state index in [0.717, 1.165) is 16.0 Å². The maximum atomic E-state index is 12.3. The van der Waals surface area contributed by atoms with Crippen molar-refractivity contribution in [2.75, 3.05) is 5.73 Å². The molecule has 2 aromatic rings. The highest BCUT2D eigenvalue weighted by atomic mass is 32.1. The Morgan fingerprint density at radius 2 is 1.71 bits per heavy atom. The van der Waals surface area contributed by atoms with E-state index < -0.39 is 0 Å². The Bertz CT molecular complexity index is 567. The standard InChI is InChI=1S/C14H15NOS/c1-8-4-6-11(7-5-8)13(16)12-9(2)10(3)17-14(12)15/h4-7H,15H2,1-3H3. The van der Waals surface area contributed by atoms with Gasteiger partial charge in [-0.05, 0) is 26.3 Å². The molecule has 2 N–H and O–H groups in total. The third kappa shape index (κ3) is 2.11. The Hall–Kier alpha value is -1.61. The zero-order valence-corrected chi connectivity index (χ0v) is 11.0. The van der Waals surface area contributed by atoms with Crippen molar-refractivity contribution in [2.24, 2.45) is 0 Å². The normalized spacial score (nSPS) is 10.5. The first-order chi connectivity index (χ1) is 8.00. The lowest BCUT2D eigenvalue weighted by atomic mass is 10.0. The minimum atomic E-state index is 0.0179. The van der Waals surface area contributed by atoms with E-state index in [1.165, 1.54) is 11.3 Å². The van der Waals surface area contributed by atoms with E-state index in [-0.39, 0.29) is 5.78 Å². The SMILES string of the molecule is Cc1ccc(C(=O)c2c(N)sc(C)c2C)cc1. The van der Waals surface area contributed by atoms with Crippen molar-refractivity contribution >= 4 is 22.1 Å². The zero-order valence-electron chi connectivity index (χ0n) is 10.2. The second kappa shape index (κ2) is 4.34. The van der Waals surface area contributed by atoms with Crippen LogP contribution >= 0.6 is 11.3 Å². The van der Waals surface area contributed by atoms with Crippen molar-refractivity contribution in [3.8, 4) is 0 Å². The summed E-state index contributed by atoms with van der Waals surface area (Å²) in [6.07, 6.45) is 0. The van der Waals surface area contributed by atoms with Crippen LogP contribution in [0.25, 0.3) is 0 Å². The van der Waals surface area contributed by atoms with Crippen LogP contribution in [0, 0.1) is 20.8 Å². The van der Waals surface area contributed by atoms with E-state index in [2.05, 4.69) is 0 Å². The molecule has 0 fully saturated rings. The van der Waals surface area contributed by atoms with Crippen LogP contribution in [0.2, 0.25) is 0 Å². The fourth-order valence-corrected chi connectivity index (χ4v) is 2.72. The van der Waals surface area contributed by atoms with Crippen LogP contribution in [0.15, 0.2) is 24.3 Å². The molecule has 1 aromatic heterocycles. The summed E-state index contributed by atoms with van der Waals surface area (Å²) < 4.78 is 0. The molecule has 0 spiro atoms. The van der Waals surface area contributed by atoms with Gasteiger partial charge in [-0.1, -0.05) is 29.8 Å². The van der Waals surface area contributed by atoms with Gasteiger partial charge in [0.15, 0.2) is 5.78 Å². The number of hydrogen-bond donors (Lipinski definition) is 1. The number of aryl methyl sites for hydroxylation is 2. The third-order valence-corrected chi connectivity index (χ3v) is 3.99. The molecule has 0 aliphatic rings. The van der Waals surface area contributed by atoms with Crippen LogP contribution in [0.5, 0.6) is 0 Å².